The molecular formula is C20H32N4O2. The number of hydrogen-bond acceptors (Lipinski definition) is 3. The van der Waals surface area contributed by atoms with Gasteiger partial charge in [-0.05, 0) is 37.3 Å². The van der Waals surface area contributed by atoms with Crippen molar-refractivity contribution in [1.82, 2.24) is 15.2 Å². The topological polar surface area (TPSA) is 59.8 Å². The van der Waals surface area contributed by atoms with E-state index in [9.17, 15) is 0 Å². The van der Waals surface area contributed by atoms with E-state index in [4.69, 9.17) is 9.47 Å². The highest BCUT2D eigenvalue weighted by Gasteiger charge is 2.00. The van der Waals surface area contributed by atoms with Gasteiger partial charge in [0.25, 0.3) is 0 Å². The zero-order valence-corrected chi connectivity index (χ0v) is 16.0. The molecule has 0 saturated carbocycles. The van der Waals surface area contributed by atoms with E-state index in [1.165, 1.54) is 10.9 Å². The Bertz CT molecular complexity index is 654. The molecule has 2 aromatic rings. The number of benzene rings is 1. The zero-order valence-electron chi connectivity index (χ0n) is 16.0. The Hall–Kier alpha value is -2.05. The molecule has 2 N–H and O–H groups in total. The van der Waals surface area contributed by atoms with Gasteiger partial charge in [-0.2, -0.15) is 0 Å². The summed E-state index contributed by atoms with van der Waals surface area (Å²) in [5, 5.41) is 7.93. The fourth-order valence-corrected chi connectivity index (χ4v) is 2.73. The van der Waals surface area contributed by atoms with E-state index < -0.39 is 0 Å². The molecule has 0 bridgehead atoms. The van der Waals surface area contributed by atoms with Gasteiger partial charge in [-0.25, -0.2) is 0 Å². The third kappa shape index (κ3) is 7.06. The molecule has 144 valence electrons. The number of guanidine groups is 1. The summed E-state index contributed by atoms with van der Waals surface area (Å²) in [6, 6.07) is 10.6. The molecule has 0 amide bonds. The second-order valence-corrected chi connectivity index (χ2v) is 6.07. The molecule has 0 atom stereocenters. The van der Waals surface area contributed by atoms with E-state index in [0.717, 1.165) is 51.6 Å². The van der Waals surface area contributed by atoms with Gasteiger partial charge in [0.15, 0.2) is 5.96 Å². The number of hydrogen-bond donors (Lipinski definition) is 2. The summed E-state index contributed by atoms with van der Waals surface area (Å²) in [6.45, 7) is 7.59. The third-order valence-corrected chi connectivity index (χ3v) is 4.04. The number of ether oxygens (including phenoxy) is 2. The third-order valence-electron chi connectivity index (χ3n) is 4.04. The van der Waals surface area contributed by atoms with Crippen LogP contribution in [0.3, 0.4) is 0 Å². The number of rotatable bonds is 12. The molecule has 0 radical (unpaired) electrons. The minimum absolute atomic E-state index is 0.647. The molecule has 1 aromatic carbocycles. The van der Waals surface area contributed by atoms with Gasteiger partial charge >= 0.3 is 0 Å². The number of aromatic nitrogens is 1. The molecule has 0 aliphatic carbocycles. The second kappa shape index (κ2) is 12.3. The number of aliphatic imine (C=N–C) groups is 1. The minimum Gasteiger partial charge on any atom is -0.382 e. The van der Waals surface area contributed by atoms with Gasteiger partial charge in [-0.15, -0.1) is 0 Å². The van der Waals surface area contributed by atoms with Crippen LogP contribution in [-0.4, -0.2) is 57.1 Å². The molecule has 6 nitrogen and oxygen atoms in total. The Kier molecular flexibility index (Phi) is 9.61. The van der Waals surface area contributed by atoms with Crippen LogP contribution in [0.1, 0.15) is 19.8 Å². The molecule has 0 saturated heterocycles. The smallest absolute Gasteiger partial charge is 0.191 e. The standard InChI is InChI=1S/C20H32N4O2/c1-3-21-20(23-12-7-15-26-17-16-25-2)22-11-6-13-24-14-10-18-8-4-5-9-19(18)24/h4-5,8-10,14H,3,6-7,11-13,15-17H2,1-2H3,(H2,21,22,23). The first kappa shape index (κ1) is 20.3. The van der Waals surface area contributed by atoms with Crippen LogP contribution in [0.15, 0.2) is 41.5 Å². The maximum Gasteiger partial charge on any atom is 0.191 e. The molecule has 0 aliphatic rings. The molecule has 1 aromatic heterocycles. The molecule has 26 heavy (non-hydrogen) atoms. The maximum absolute atomic E-state index is 5.46. The number of aryl methyl sites for hydroxylation is 1. The van der Waals surface area contributed by atoms with Crippen LogP contribution in [-0.2, 0) is 16.0 Å². The van der Waals surface area contributed by atoms with E-state index in [2.05, 4.69) is 63.6 Å². The van der Waals surface area contributed by atoms with E-state index in [0.29, 0.717) is 13.2 Å². The average molecular weight is 361 g/mol. The van der Waals surface area contributed by atoms with Crippen LogP contribution < -0.4 is 10.6 Å². The molecule has 1 heterocycles. The molecule has 0 aliphatic heterocycles. The summed E-state index contributed by atoms with van der Waals surface area (Å²) in [7, 11) is 1.68. The molecule has 0 fully saturated rings. The predicted octanol–water partition coefficient (Wildman–Crippen LogP) is 2.64. The molecule has 2 rings (SSSR count). The lowest BCUT2D eigenvalue weighted by Crippen LogP contribution is -2.38. The van der Waals surface area contributed by atoms with E-state index >= 15 is 0 Å². The van der Waals surface area contributed by atoms with Crippen molar-refractivity contribution in [3.63, 3.8) is 0 Å². The summed E-state index contributed by atoms with van der Waals surface area (Å²) < 4.78 is 12.7. The van der Waals surface area contributed by atoms with Crippen LogP contribution >= 0.6 is 0 Å². The monoisotopic (exact) mass is 360 g/mol. The first-order valence-electron chi connectivity index (χ1n) is 9.48. The SMILES string of the molecule is CCNC(=NCCCn1ccc2ccccc21)NCCCOCCOC. The number of nitrogens with zero attached hydrogens (tertiary/aromatic N) is 2. The van der Waals surface area contributed by atoms with Crippen LogP contribution in [0.5, 0.6) is 0 Å². The van der Waals surface area contributed by atoms with Gasteiger partial charge in [0.2, 0.25) is 0 Å². The highest BCUT2D eigenvalue weighted by atomic mass is 16.5. The summed E-state index contributed by atoms with van der Waals surface area (Å²) >= 11 is 0. The normalized spacial score (nSPS) is 11.8. The van der Waals surface area contributed by atoms with Crippen molar-refractivity contribution in [2.24, 2.45) is 4.99 Å². The van der Waals surface area contributed by atoms with Crippen molar-refractivity contribution in [2.45, 2.75) is 26.3 Å². The van der Waals surface area contributed by atoms with Crippen molar-refractivity contribution < 1.29 is 9.47 Å². The van der Waals surface area contributed by atoms with Crippen molar-refractivity contribution in [1.29, 1.82) is 0 Å². The Balaban J connectivity index is 1.67. The highest BCUT2D eigenvalue weighted by Crippen LogP contribution is 2.15. The Labute approximate surface area is 156 Å². The average Bonchev–Trinajstić information content (AvgIpc) is 3.07. The maximum atomic E-state index is 5.46. The zero-order chi connectivity index (χ0) is 18.5. The number of para-hydroxylation sites is 1. The van der Waals surface area contributed by atoms with Crippen LogP contribution in [0.25, 0.3) is 10.9 Å². The molecule has 0 unspecified atom stereocenters. The van der Waals surface area contributed by atoms with E-state index in [1.807, 2.05) is 0 Å². The molecule has 0 spiro atoms. The Morgan fingerprint density at radius 3 is 2.81 bits per heavy atom. The lowest BCUT2D eigenvalue weighted by molar-refractivity contribution is 0.0698. The molecule has 6 heteroatoms. The molecular weight excluding hydrogens is 328 g/mol. The van der Waals surface area contributed by atoms with Gasteiger partial charge in [0, 0.05) is 51.6 Å². The van der Waals surface area contributed by atoms with Crippen molar-refractivity contribution in [2.75, 3.05) is 46.6 Å². The van der Waals surface area contributed by atoms with Gasteiger partial charge in [-0.3, -0.25) is 4.99 Å². The first-order valence-corrected chi connectivity index (χ1v) is 9.48. The van der Waals surface area contributed by atoms with Crippen molar-refractivity contribution >= 4 is 16.9 Å². The lowest BCUT2D eigenvalue weighted by atomic mass is 10.2. The van der Waals surface area contributed by atoms with E-state index in [1.54, 1.807) is 7.11 Å². The van der Waals surface area contributed by atoms with E-state index in [-0.39, 0.29) is 0 Å². The van der Waals surface area contributed by atoms with Crippen molar-refractivity contribution in [3.05, 3.63) is 36.5 Å². The quantitative estimate of drug-likeness (QED) is 0.347. The largest absolute Gasteiger partial charge is 0.382 e. The van der Waals surface area contributed by atoms with Gasteiger partial charge in [0.05, 0.1) is 13.2 Å². The summed E-state index contributed by atoms with van der Waals surface area (Å²) in [6.07, 6.45) is 4.11. The second-order valence-electron chi connectivity index (χ2n) is 6.07. The highest BCUT2D eigenvalue weighted by molar-refractivity contribution is 5.80. The number of fused-ring (bicyclic) bond motifs is 1. The summed E-state index contributed by atoms with van der Waals surface area (Å²) in [5.74, 6) is 0.877. The van der Waals surface area contributed by atoms with Crippen LogP contribution in [0, 0.1) is 0 Å². The van der Waals surface area contributed by atoms with Crippen LogP contribution in [0.4, 0.5) is 0 Å². The predicted molar refractivity (Wildman–Crippen MR) is 108 cm³/mol. The van der Waals surface area contributed by atoms with Crippen LogP contribution in [0.2, 0.25) is 0 Å². The number of methoxy groups -OCH3 is 1. The van der Waals surface area contributed by atoms with Gasteiger partial charge in [-0.1, -0.05) is 18.2 Å². The lowest BCUT2D eigenvalue weighted by Gasteiger charge is -2.11. The fourth-order valence-electron chi connectivity index (χ4n) is 2.73. The number of nitrogens with one attached hydrogen (secondary N) is 2. The first-order chi connectivity index (χ1) is 12.8. The Morgan fingerprint density at radius 2 is 1.96 bits per heavy atom. The van der Waals surface area contributed by atoms with Gasteiger partial charge < -0.3 is 24.7 Å². The van der Waals surface area contributed by atoms with Crippen molar-refractivity contribution in [3.8, 4) is 0 Å². The summed E-state index contributed by atoms with van der Waals surface area (Å²) in [4.78, 5) is 4.66. The fraction of sp³-hybridized carbons (Fsp3) is 0.550. The minimum atomic E-state index is 0.647. The van der Waals surface area contributed by atoms with Gasteiger partial charge in [0.1, 0.15) is 0 Å². The summed E-state index contributed by atoms with van der Waals surface area (Å²) in [5.41, 5.74) is 1.29. The Morgan fingerprint density at radius 1 is 1.08 bits per heavy atom.